The van der Waals surface area contributed by atoms with Crippen LogP contribution in [0.3, 0.4) is 0 Å². The van der Waals surface area contributed by atoms with Gasteiger partial charge in [-0.25, -0.2) is 4.79 Å². The molecule has 0 aromatic heterocycles. The number of carbonyl (C=O) groups is 2. The highest BCUT2D eigenvalue weighted by molar-refractivity contribution is 6.76. The van der Waals surface area contributed by atoms with Crippen molar-refractivity contribution < 1.29 is 23.8 Å². The number of halogens is 2. The number of rotatable bonds is 8. The van der Waals surface area contributed by atoms with Gasteiger partial charge in [-0.2, -0.15) is 0 Å². The van der Waals surface area contributed by atoms with Crippen molar-refractivity contribution in [3.63, 3.8) is 0 Å². The molecule has 1 heterocycles. The maximum Gasteiger partial charge on any atom is 0.410 e. The molecule has 10 heteroatoms. The molecule has 1 aromatic rings. The lowest BCUT2D eigenvalue weighted by Gasteiger charge is -2.38. The van der Waals surface area contributed by atoms with Gasteiger partial charge in [-0.1, -0.05) is 42.8 Å². The molecule has 2 amide bonds. The number of amides is 2. The Bertz CT molecular complexity index is 854. The van der Waals surface area contributed by atoms with E-state index in [0.717, 1.165) is 11.6 Å². The van der Waals surface area contributed by atoms with E-state index in [1.54, 1.807) is 32.9 Å². The molecule has 2 N–H and O–H groups in total. The summed E-state index contributed by atoms with van der Waals surface area (Å²) in [7, 11) is -1.21. The average Bonchev–Trinajstić information content (AvgIpc) is 2.67. The Morgan fingerprint density at radius 1 is 1.18 bits per heavy atom. The van der Waals surface area contributed by atoms with E-state index in [1.165, 1.54) is 4.90 Å². The van der Waals surface area contributed by atoms with Crippen molar-refractivity contribution in [2.45, 2.75) is 64.4 Å². The lowest BCUT2D eigenvalue weighted by molar-refractivity contribution is -0.124. The lowest BCUT2D eigenvalue weighted by atomic mass is 9.79. The second kappa shape index (κ2) is 11.3. The van der Waals surface area contributed by atoms with Crippen LogP contribution in [0.15, 0.2) is 12.1 Å². The zero-order chi connectivity index (χ0) is 25.0. The van der Waals surface area contributed by atoms with Gasteiger partial charge >= 0.3 is 6.09 Å². The molecule has 1 fully saturated rings. The first kappa shape index (κ1) is 27.8. The largest absolute Gasteiger partial charge is 0.467 e. The van der Waals surface area contributed by atoms with Crippen LogP contribution in [0.1, 0.15) is 38.7 Å². The topological polar surface area (TPSA) is 91.1 Å². The predicted molar refractivity (Wildman–Crippen MR) is 134 cm³/mol. The van der Waals surface area contributed by atoms with E-state index in [9.17, 15) is 9.59 Å². The molecule has 2 rings (SSSR count). The van der Waals surface area contributed by atoms with E-state index in [-0.39, 0.29) is 19.3 Å². The van der Waals surface area contributed by atoms with Crippen molar-refractivity contribution in [3.8, 4) is 5.75 Å². The van der Waals surface area contributed by atoms with E-state index in [4.69, 9.17) is 43.1 Å². The zero-order valence-corrected chi connectivity index (χ0v) is 22.9. The first-order chi connectivity index (χ1) is 15.2. The number of primary amides is 1. The Hall–Kier alpha value is -1.48. The summed E-state index contributed by atoms with van der Waals surface area (Å²) in [6, 6.07) is 4.38. The maximum atomic E-state index is 12.5. The summed E-state index contributed by atoms with van der Waals surface area (Å²) < 4.78 is 17.0. The molecular formula is C23H36Cl2N2O5Si. The minimum Gasteiger partial charge on any atom is -0.467 e. The quantitative estimate of drug-likeness (QED) is 0.278. The molecule has 7 nitrogen and oxygen atoms in total. The van der Waals surface area contributed by atoms with Crippen LogP contribution < -0.4 is 10.5 Å². The van der Waals surface area contributed by atoms with E-state index >= 15 is 0 Å². The van der Waals surface area contributed by atoms with Crippen LogP contribution in [0.2, 0.25) is 35.7 Å². The Labute approximate surface area is 207 Å². The molecule has 186 valence electrons. The fourth-order valence-electron chi connectivity index (χ4n) is 3.61. The van der Waals surface area contributed by atoms with Crippen LogP contribution in [-0.4, -0.2) is 57.1 Å². The van der Waals surface area contributed by atoms with Gasteiger partial charge in [-0.3, -0.25) is 4.79 Å². The smallest absolute Gasteiger partial charge is 0.410 e. The van der Waals surface area contributed by atoms with Gasteiger partial charge in [0.2, 0.25) is 5.91 Å². The Morgan fingerprint density at radius 2 is 1.82 bits per heavy atom. The molecule has 1 aliphatic rings. The highest BCUT2D eigenvalue weighted by atomic mass is 35.5. The third-order valence-electron chi connectivity index (χ3n) is 5.38. The van der Waals surface area contributed by atoms with Crippen molar-refractivity contribution in [3.05, 3.63) is 27.7 Å². The summed E-state index contributed by atoms with van der Waals surface area (Å²) in [5, 5.41) is 0.704. The number of likely N-dealkylation sites (tertiary alicyclic amines) is 1. The number of piperidine rings is 1. The van der Waals surface area contributed by atoms with Crippen LogP contribution in [0, 0.1) is 5.92 Å². The summed E-state index contributed by atoms with van der Waals surface area (Å²) in [5.74, 6) is -0.914. The molecule has 1 aromatic carbocycles. The van der Waals surface area contributed by atoms with Gasteiger partial charge < -0.3 is 24.8 Å². The third-order valence-corrected chi connectivity index (χ3v) is 7.80. The molecular weight excluding hydrogens is 483 g/mol. The van der Waals surface area contributed by atoms with Crippen LogP contribution in [-0.2, 0) is 14.3 Å². The Balaban J connectivity index is 2.19. The number of benzene rings is 1. The highest BCUT2D eigenvalue weighted by Crippen LogP contribution is 2.41. The summed E-state index contributed by atoms with van der Waals surface area (Å²) in [6.07, 6.45) is 0.0334. The number of nitrogens with two attached hydrogens (primary N) is 1. The third kappa shape index (κ3) is 8.66. The highest BCUT2D eigenvalue weighted by Gasteiger charge is 2.38. The molecule has 0 radical (unpaired) electrons. The van der Waals surface area contributed by atoms with Crippen LogP contribution in [0.5, 0.6) is 5.75 Å². The molecule has 33 heavy (non-hydrogen) atoms. The first-order valence-corrected chi connectivity index (χ1v) is 15.6. The van der Waals surface area contributed by atoms with E-state index in [1.807, 2.05) is 0 Å². The zero-order valence-electron chi connectivity index (χ0n) is 20.4. The van der Waals surface area contributed by atoms with Crippen LogP contribution in [0.4, 0.5) is 4.79 Å². The van der Waals surface area contributed by atoms with E-state index in [0.29, 0.717) is 35.4 Å². The van der Waals surface area contributed by atoms with Gasteiger partial charge in [0.25, 0.3) is 0 Å². The fraction of sp³-hybridized carbons (Fsp3) is 0.652. The average molecular weight is 520 g/mol. The van der Waals surface area contributed by atoms with Crippen molar-refractivity contribution in [1.29, 1.82) is 0 Å². The summed E-state index contributed by atoms with van der Waals surface area (Å²) in [5.41, 5.74) is 5.84. The lowest BCUT2D eigenvalue weighted by Crippen LogP contribution is -2.48. The second-order valence-electron chi connectivity index (χ2n) is 10.6. The number of hydrogen-bond acceptors (Lipinski definition) is 5. The molecule has 0 saturated carbocycles. The van der Waals surface area contributed by atoms with Gasteiger partial charge in [-0.15, -0.1) is 0 Å². The second-order valence-corrected chi connectivity index (χ2v) is 17.1. The number of nitrogens with zero attached hydrogens (tertiary/aromatic N) is 1. The fourth-order valence-corrected chi connectivity index (χ4v) is 4.69. The Morgan fingerprint density at radius 3 is 2.39 bits per heavy atom. The molecule has 0 spiro atoms. The van der Waals surface area contributed by atoms with Gasteiger partial charge in [0.05, 0.1) is 16.0 Å². The van der Waals surface area contributed by atoms with Crippen molar-refractivity contribution in [2.75, 3.05) is 26.5 Å². The van der Waals surface area contributed by atoms with Crippen molar-refractivity contribution >= 4 is 43.3 Å². The van der Waals surface area contributed by atoms with Crippen molar-refractivity contribution in [2.24, 2.45) is 11.7 Å². The SMILES string of the molecule is CC(C)(C)OC(=O)N1CCC(c2cc(Cl)c(Cl)cc2OCOCC[Si](C)(C)C)C(C(N)=O)C1. The van der Waals surface area contributed by atoms with Crippen LogP contribution >= 0.6 is 23.2 Å². The summed E-state index contributed by atoms with van der Waals surface area (Å²) in [4.78, 5) is 26.4. The molecule has 1 saturated heterocycles. The van der Waals surface area contributed by atoms with Gasteiger partial charge in [0, 0.05) is 39.8 Å². The summed E-state index contributed by atoms with van der Waals surface area (Å²) >= 11 is 12.5. The standard InChI is InChI=1S/C23H36Cl2N2O5Si/c1-23(2,3)32-22(29)27-8-7-15(17(13-27)21(26)28)16-11-18(24)19(25)12-20(16)31-14-30-9-10-33(4,5)6/h11-12,15,17H,7-10,13-14H2,1-6H3,(H2,26,28). The van der Waals surface area contributed by atoms with Crippen molar-refractivity contribution in [1.82, 2.24) is 4.90 Å². The molecule has 0 aliphatic carbocycles. The number of carbonyl (C=O) groups excluding carboxylic acids is 2. The minimum absolute atomic E-state index is 0.0629. The molecule has 0 bridgehead atoms. The van der Waals surface area contributed by atoms with E-state index in [2.05, 4.69) is 19.6 Å². The minimum atomic E-state index is -1.21. The van der Waals surface area contributed by atoms with Gasteiger partial charge in [0.15, 0.2) is 6.79 Å². The summed E-state index contributed by atoms with van der Waals surface area (Å²) in [6.45, 7) is 13.5. The number of ether oxygens (including phenoxy) is 3. The Kier molecular flexibility index (Phi) is 9.50. The van der Waals surface area contributed by atoms with Crippen LogP contribution in [0.25, 0.3) is 0 Å². The monoisotopic (exact) mass is 518 g/mol. The van der Waals surface area contributed by atoms with E-state index < -0.39 is 31.6 Å². The maximum absolute atomic E-state index is 12.5. The number of hydrogen-bond donors (Lipinski definition) is 1. The molecule has 1 aliphatic heterocycles. The predicted octanol–water partition coefficient (Wildman–Crippen LogP) is 5.51. The molecule has 2 unspecified atom stereocenters. The molecule has 2 atom stereocenters. The normalized spacial score (nSPS) is 19.3. The van der Waals surface area contributed by atoms with Gasteiger partial charge in [0.1, 0.15) is 11.4 Å². The first-order valence-electron chi connectivity index (χ1n) is 11.1. The van der Waals surface area contributed by atoms with Gasteiger partial charge in [-0.05, 0) is 44.9 Å².